The molecule has 1 aliphatic heterocycles. The van der Waals surface area contributed by atoms with Gasteiger partial charge in [0.1, 0.15) is 17.8 Å². The minimum absolute atomic E-state index is 0.0641. The minimum Gasteiger partial charge on any atom is -0.507 e. The van der Waals surface area contributed by atoms with Crippen molar-refractivity contribution >= 4 is 23.0 Å². The lowest BCUT2D eigenvalue weighted by Gasteiger charge is -2.66. The van der Waals surface area contributed by atoms with E-state index in [9.17, 15) is 34.8 Å². The number of ether oxygens (including phenoxy) is 1. The topological polar surface area (TPSA) is 167 Å². The first-order valence-corrected chi connectivity index (χ1v) is 12.8. The lowest BCUT2D eigenvalue weighted by Crippen LogP contribution is -2.79. The van der Waals surface area contributed by atoms with E-state index in [4.69, 9.17) is 10.5 Å². The zero-order valence-corrected chi connectivity index (χ0v) is 21.5. The molecule has 3 aliphatic carbocycles. The first kappa shape index (κ1) is 25.9. The molecule has 4 aliphatic rings. The Kier molecular flexibility index (Phi) is 5.68. The van der Waals surface area contributed by atoms with Crippen LogP contribution in [-0.4, -0.2) is 62.3 Å². The molecule has 9 heteroatoms. The van der Waals surface area contributed by atoms with Gasteiger partial charge in [-0.15, -0.1) is 0 Å². The fourth-order valence-corrected chi connectivity index (χ4v) is 8.42. The molecule has 8 atom stereocenters. The van der Waals surface area contributed by atoms with E-state index in [0.717, 1.165) is 11.1 Å². The quantitative estimate of drug-likeness (QED) is 0.377. The Morgan fingerprint density at radius 3 is 2.43 bits per heavy atom. The van der Waals surface area contributed by atoms with Crippen LogP contribution in [0.25, 0.3) is 5.57 Å². The zero-order valence-electron chi connectivity index (χ0n) is 21.5. The molecule has 2 saturated carbocycles. The summed E-state index contributed by atoms with van der Waals surface area (Å²) in [5, 5.41) is 45.8. The van der Waals surface area contributed by atoms with Gasteiger partial charge in [0.2, 0.25) is 5.91 Å². The fraction of sp³-hybridized carbons (Fsp3) is 0.607. The summed E-state index contributed by atoms with van der Waals surface area (Å²) in [7, 11) is 0. The molecule has 0 bridgehead atoms. The van der Waals surface area contributed by atoms with E-state index >= 15 is 0 Å². The number of benzene rings is 1. The van der Waals surface area contributed by atoms with Crippen LogP contribution in [0.4, 0.5) is 0 Å². The van der Waals surface area contributed by atoms with E-state index in [1.165, 1.54) is 6.07 Å². The summed E-state index contributed by atoms with van der Waals surface area (Å²) < 4.78 is 5.42. The number of hydrogen-bond acceptors (Lipinski definition) is 8. The van der Waals surface area contributed by atoms with Crippen LogP contribution >= 0.6 is 0 Å². The maximum Gasteiger partial charge on any atom is 0.230 e. The number of aliphatic hydroxyl groups excluding tert-OH is 2. The van der Waals surface area contributed by atoms with Crippen LogP contribution in [0.1, 0.15) is 62.0 Å². The number of aliphatic hydroxyl groups is 3. The number of primary amides is 1. The number of carbonyl (C=O) groups is 3. The Bertz CT molecular complexity index is 1240. The molecule has 1 heterocycles. The molecule has 0 aromatic heterocycles. The second kappa shape index (κ2) is 8.12. The average molecular weight is 514 g/mol. The molecule has 4 unspecified atom stereocenters. The number of phenols is 1. The van der Waals surface area contributed by atoms with Gasteiger partial charge in [-0.05, 0) is 52.9 Å². The first-order valence-electron chi connectivity index (χ1n) is 12.8. The van der Waals surface area contributed by atoms with Crippen molar-refractivity contribution < 1.29 is 39.5 Å². The lowest BCUT2D eigenvalue weighted by molar-refractivity contribution is -0.265. The Hall–Kier alpha value is -2.75. The van der Waals surface area contributed by atoms with Crippen LogP contribution in [0.2, 0.25) is 0 Å². The van der Waals surface area contributed by atoms with Crippen LogP contribution in [0.15, 0.2) is 18.4 Å². The number of nitrogens with two attached hydrogens (primary N) is 1. The van der Waals surface area contributed by atoms with Gasteiger partial charge >= 0.3 is 0 Å². The first-order chi connectivity index (χ1) is 17.2. The molecular weight excluding hydrogens is 478 g/mol. The number of phenolic OH excluding ortho intramolecular Hbond substituents is 1. The third-order valence-corrected chi connectivity index (χ3v) is 9.73. The van der Waals surface area contributed by atoms with Crippen molar-refractivity contribution in [3.05, 3.63) is 35.1 Å². The van der Waals surface area contributed by atoms with Gasteiger partial charge in [-0.1, -0.05) is 33.8 Å². The summed E-state index contributed by atoms with van der Waals surface area (Å²) in [5.74, 6) is -6.97. The highest BCUT2D eigenvalue weighted by Gasteiger charge is 2.75. The number of aromatic hydroxyl groups is 1. The van der Waals surface area contributed by atoms with E-state index in [2.05, 4.69) is 0 Å². The average Bonchev–Trinajstić information content (AvgIpc) is 3.30. The normalized spacial score (nSPS) is 41.0. The zero-order chi connectivity index (χ0) is 27.2. The number of fused-ring (bicyclic) bond motifs is 3. The maximum absolute atomic E-state index is 14.0. The van der Waals surface area contributed by atoms with Gasteiger partial charge in [-0.3, -0.25) is 14.4 Å². The molecule has 1 amide bonds. The highest BCUT2D eigenvalue weighted by molar-refractivity contribution is 6.09. The Labute approximate surface area is 215 Å². The number of amides is 1. The highest BCUT2D eigenvalue weighted by atomic mass is 16.5. The number of Topliss-reactive ketones (excluding diaryl/α,β-unsaturated/α-hetero) is 2. The van der Waals surface area contributed by atoms with Crippen LogP contribution in [0.5, 0.6) is 5.75 Å². The van der Waals surface area contributed by atoms with E-state index in [0.29, 0.717) is 18.6 Å². The van der Waals surface area contributed by atoms with Crippen molar-refractivity contribution in [2.75, 3.05) is 6.61 Å². The fourth-order valence-electron chi connectivity index (χ4n) is 8.42. The van der Waals surface area contributed by atoms with E-state index in [-0.39, 0.29) is 30.1 Å². The van der Waals surface area contributed by atoms with Crippen molar-refractivity contribution in [2.24, 2.45) is 40.2 Å². The summed E-state index contributed by atoms with van der Waals surface area (Å²) in [4.78, 5) is 40.0. The minimum atomic E-state index is -2.51. The SMILES string of the molecule is CC(C)[C@H]1C(O)C(C(N)=O)C(=O)[C@]2(O)C(O)C3C(=O)c4c(O)ccc(C5=COCC5)c4C[C@]3(C)C[C@]12C. The Balaban J connectivity index is 1.72. The molecule has 9 nitrogen and oxygen atoms in total. The maximum atomic E-state index is 14.0. The smallest absolute Gasteiger partial charge is 0.230 e. The summed E-state index contributed by atoms with van der Waals surface area (Å²) in [6.07, 6.45) is -0.624. The summed E-state index contributed by atoms with van der Waals surface area (Å²) in [6, 6.07) is 3.19. The summed E-state index contributed by atoms with van der Waals surface area (Å²) in [5.41, 5.74) is 3.07. The van der Waals surface area contributed by atoms with Gasteiger partial charge < -0.3 is 30.9 Å². The molecule has 0 radical (unpaired) electrons. The Morgan fingerprint density at radius 2 is 1.86 bits per heavy atom. The molecule has 5 rings (SSSR count). The molecule has 1 aromatic carbocycles. The highest BCUT2D eigenvalue weighted by Crippen LogP contribution is 2.65. The predicted molar refractivity (Wildman–Crippen MR) is 132 cm³/mol. The van der Waals surface area contributed by atoms with Crippen LogP contribution in [-0.2, 0) is 20.7 Å². The van der Waals surface area contributed by atoms with Crippen LogP contribution in [0, 0.1) is 34.5 Å². The standard InChI is InChI=1S/C28H35NO8/c1-12(2)19-22(32)18(25(29)35)23(33)28(36)24(34)20-21(31)17-15(9-26(20,3)11-27(19,28)4)14(5-6-16(17)30)13-7-8-37-10-13/h5-6,10,12,18-20,22,24,30,32,34,36H,7-9,11H2,1-4H3,(H2,29,35)/t18?,19-,20?,22?,24?,26+,27+,28-/m0/s1. The second-order valence-corrected chi connectivity index (χ2v) is 12.2. The third kappa shape index (κ3) is 3.17. The predicted octanol–water partition coefficient (Wildman–Crippen LogP) is 1.33. The molecule has 6 N–H and O–H groups in total. The Morgan fingerprint density at radius 1 is 1.19 bits per heavy atom. The third-order valence-electron chi connectivity index (χ3n) is 9.73. The molecule has 37 heavy (non-hydrogen) atoms. The van der Waals surface area contributed by atoms with Crippen LogP contribution in [0.3, 0.4) is 0 Å². The molecule has 200 valence electrons. The number of hydrogen-bond donors (Lipinski definition) is 5. The van der Waals surface area contributed by atoms with Gasteiger partial charge in [0.25, 0.3) is 0 Å². The molecule has 0 spiro atoms. The van der Waals surface area contributed by atoms with E-state index in [1.807, 2.05) is 20.8 Å². The lowest BCUT2D eigenvalue weighted by atomic mass is 9.39. The van der Waals surface area contributed by atoms with Gasteiger partial charge in [-0.25, -0.2) is 0 Å². The number of ketones is 2. The second-order valence-electron chi connectivity index (χ2n) is 12.2. The van der Waals surface area contributed by atoms with E-state index < -0.39 is 63.9 Å². The van der Waals surface area contributed by atoms with Gasteiger partial charge in [-0.2, -0.15) is 0 Å². The summed E-state index contributed by atoms with van der Waals surface area (Å²) >= 11 is 0. The van der Waals surface area contributed by atoms with Crippen molar-refractivity contribution in [1.82, 2.24) is 0 Å². The van der Waals surface area contributed by atoms with Gasteiger partial charge in [0.15, 0.2) is 17.2 Å². The molecule has 1 aromatic rings. The molecular formula is C28H35NO8. The largest absolute Gasteiger partial charge is 0.507 e. The monoisotopic (exact) mass is 513 g/mol. The number of carbonyl (C=O) groups excluding carboxylic acids is 3. The van der Waals surface area contributed by atoms with Gasteiger partial charge in [0, 0.05) is 11.8 Å². The van der Waals surface area contributed by atoms with Crippen molar-refractivity contribution in [3.63, 3.8) is 0 Å². The summed E-state index contributed by atoms with van der Waals surface area (Å²) in [6.45, 7) is 7.64. The molecule has 2 fully saturated rings. The number of rotatable bonds is 3. The van der Waals surface area contributed by atoms with E-state index in [1.54, 1.807) is 19.3 Å². The molecule has 0 saturated heterocycles. The van der Waals surface area contributed by atoms with Crippen LogP contribution < -0.4 is 5.73 Å². The van der Waals surface area contributed by atoms with Crippen molar-refractivity contribution in [1.29, 1.82) is 0 Å². The van der Waals surface area contributed by atoms with Gasteiger partial charge in [0.05, 0.1) is 30.5 Å². The van der Waals surface area contributed by atoms with Crippen molar-refractivity contribution in [3.8, 4) is 5.75 Å². The van der Waals surface area contributed by atoms with Crippen molar-refractivity contribution in [2.45, 2.75) is 64.8 Å².